The molecule has 0 saturated heterocycles. The minimum Gasteiger partial charge on any atom is -0.494 e. The van der Waals surface area contributed by atoms with Crippen molar-refractivity contribution in [1.82, 2.24) is 10.6 Å². The third kappa shape index (κ3) is 12.0. The molecule has 0 unspecified atom stereocenters. The number of esters is 1. The number of hydrogen-bond donors (Lipinski definition) is 2. The molecule has 2 N–H and O–H groups in total. The van der Waals surface area contributed by atoms with Crippen molar-refractivity contribution >= 4 is 35.1 Å². The number of allylic oxidation sites excluding steroid dienone is 2. The summed E-state index contributed by atoms with van der Waals surface area (Å²) in [5.41, 5.74) is 0.857. The van der Waals surface area contributed by atoms with Gasteiger partial charge in [0.05, 0.1) is 17.7 Å². The summed E-state index contributed by atoms with van der Waals surface area (Å²) in [6.07, 6.45) is 13.0. The first-order chi connectivity index (χ1) is 17.9. The van der Waals surface area contributed by atoms with Gasteiger partial charge in [-0.2, -0.15) is 0 Å². The van der Waals surface area contributed by atoms with Crippen LogP contribution in [0.15, 0.2) is 79.0 Å². The van der Waals surface area contributed by atoms with E-state index in [0.29, 0.717) is 34.5 Å². The van der Waals surface area contributed by atoms with Crippen LogP contribution < -0.4 is 20.1 Å². The van der Waals surface area contributed by atoms with Crippen LogP contribution in [0.4, 0.5) is 0 Å². The van der Waals surface area contributed by atoms with Crippen LogP contribution in [0.25, 0.3) is 0 Å². The predicted molar refractivity (Wildman–Crippen MR) is 151 cm³/mol. The second-order valence-electron chi connectivity index (χ2n) is 8.23. The topological polar surface area (TPSA) is 76.7 Å². The number of nitrogens with one attached hydrogen (secondary N) is 2. The lowest BCUT2D eigenvalue weighted by Crippen LogP contribution is -2.26. The van der Waals surface area contributed by atoms with Gasteiger partial charge >= 0.3 is 5.97 Å². The van der Waals surface area contributed by atoms with E-state index in [4.69, 9.17) is 32.7 Å². The number of rotatable bonds is 16. The van der Waals surface area contributed by atoms with E-state index in [-0.39, 0.29) is 11.5 Å². The van der Waals surface area contributed by atoms with Crippen molar-refractivity contribution in [3.8, 4) is 11.5 Å². The Hall–Kier alpha value is -3.22. The highest BCUT2D eigenvalue weighted by Crippen LogP contribution is 2.22. The summed E-state index contributed by atoms with van der Waals surface area (Å²) in [6, 6.07) is 11.5. The molecule has 1 amide bonds. The van der Waals surface area contributed by atoms with Gasteiger partial charge < -0.3 is 20.1 Å². The lowest BCUT2D eigenvalue weighted by atomic mass is 10.1. The molecular weight excluding hydrogens is 511 g/mol. The van der Waals surface area contributed by atoms with E-state index in [2.05, 4.69) is 17.2 Å². The highest BCUT2D eigenvalue weighted by atomic mass is 35.5. The summed E-state index contributed by atoms with van der Waals surface area (Å²) in [5.74, 6) is 0.501. The van der Waals surface area contributed by atoms with Crippen LogP contribution in [-0.2, 0) is 4.79 Å². The Balaban J connectivity index is 1.55. The van der Waals surface area contributed by atoms with E-state index in [1.165, 1.54) is 12.1 Å². The van der Waals surface area contributed by atoms with Gasteiger partial charge in [0.15, 0.2) is 0 Å². The number of unbranched alkanes of at least 4 members (excludes halogenated alkanes) is 5. The molecule has 0 aliphatic rings. The van der Waals surface area contributed by atoms with Crippen molar-refractivity contribution in [2.24, 2.45) is 0 Å². The SMILES string of the molecule is C=CC=CC(=CNC)C(=O)NCCCCCCCCOc1ccc(OC(=O)c2cc(Cl)cc(Cl)c2)cc1. The van der Waals surface area contributed by atoms with Crippen molar-refractivity contribution in [2.75, 3.05) is 20.2 Å². The molecule has 2 aromatic carbocycles. The molecule has 2 rings (SSSR count). The highest BCUT2D eigenvalue weighted by molar-refractivity contribution is 6.35. The number of benzene rings is 2. The molecule has 37 heavy (non-hydrogen) atoms. The van der Waals surface area contributed by atoms with Crippen LogP contribution in [-0.4, -0.2) is 32.1 Å². The normalized spacial score (nSPS) is 11.3. The average molecular weight is 546 g/mol. The first-order valence-corrected chi connectivity index (χ1v) is 13.0. The Bertz CT molecular complexity index is 1060. The molecule has 8 heteroatoms. The molecule has 0 spiro atoms. The molecule has 0 radical (unpaired) electrons. The van der Waals surface area contributed by atoms with Crippen LogP contribution in [0.5, 0.6) is 11.5 Å². The van der Waals surface area contributed by atoms with Crippen molar-refractivity contribution in [3.63, 3.8) is 0 Å². The monoisotopic (exact) mass is 544 g/mol. The Kier molecular flexibility index (Phi) is 14.0. The zero-order valence-electron chi connectivity index (χ0n) is 21.1. The van der Waals surface area contributed by atoms with Gasteiger partial charge in [-0.15, -0.1) is 0 Å². The molecular formula is C29H34Cl2N2O4. The summed E-state index contributed by atoms with van der Waals surface area (Å²) in [7, 11) is 1.76. The van der Waals surface area contributed by atoms with Gasteiger partial charge in [-0.05, 0) is 61.4 Å². The van der Waals surface area contributed by atoms with Gasteiger partial charge in [-0.1, -0.05) is 67.6 Å². The zero-order valence-corrected chi connectivity index (χ0v) is 22.6. The van der Waals surface area contributed by atoms with Gasteiger partial charge in [-0.3, -0.25) is 4.79 Å². The average Bonchev–Trinajstić information content (AvgIpc) is 2.87. The van der Waals surface area contributed by atoms with E-state index in [1.54, 1.807) is 61.8 Å². The Morgan fingerprint density at radius 3 is 2.19 bits per heavy atom. The number of hydrogen-bond acceptors (Lipinski definition) is 5. The van der Waals surface area contributed by atoms with Gasteiger partial charge in [0, 0.05) is 29.8 Å². The fourth-order valence-electron chi connectivity index (χ4n) is 3.39. The molecule has 0 aliphatic heterocycles. The quantitative estimate of drug-likeness (QED) is 0.0790. The first kappa shape index (κ1) is 30.0. The van der Waals surface area contributed by atoms with Gasteiger partial charge in [-0.25, -0.2) is 4.79 Å². The lowest BCUT2D eigenvalue weighted by Gasteiger charge is -2.09. The maximum absolute atomic E-state index is 12.3. The maximum Gasteiger partial charge on any atom is 0.343 e. The molecule has 0 aliphatic carbocycles. The molecule has 0 fully saturated rings. The fraction of sp³-hybridized carbons (Fsp3) is 0.310. The molecule has 0 bridgehead atoms. The standard InChI is InChI=1S/C29H34Cl2N2O4/c1-3-4-11-22(21-32-2)28(34)33-16-9-7-5-6-8-10-17-36-26-12-14-27(15-13-26)37-29(35)23-18-24(30)20-25(31)19-23/h3-4,11-15,18-21,32H,1,5-10,16-17H2,2H3,(H,33,34). The molecule has 6 nitrogen and oxygen atoms in total. The Morgan fingerprint density at radius 2 is 1.54 bits per heavy atom. The Labute approximate surface area is 229 Å². The summed E-state index contributed by atoms with van der Waals surface area (Å²) in [6.45, 7) is 4.90. The van der Waals surface area contributed by atoms with E-state index >= 15 is 0 Å². The first-order valence-electron chi connectivity index (χ1n) is 12.3. The number of ether oxygens (including phenoxy) is 2. The molecule has 198 valence electrons. The van der Waals surface area contributed by atoms with Crippen molar-refractivity contribution < 1.29 is 19.1 Å². The van der Waals surface area contributed by atoms with Crippen molar-refractivity contribution in [3.05, 3.63) is 94.7 Å². The fourth-order valence-corrected chi connectivity index (χ4v) is 3.91. The van der Waals surface area contributed by atoms with Crippen LogP contribution in [0, 0.1) is 0 Å². The van der Waals surface area contributed by atoms with Crippen LogP contribution in [0.3, 0.4) is 0 Å². The Morgan fingerprint density at radius 1 is 0.919 bits per heavy atom. The van der Waals surface area contributed by atoms with E-state index in [0.717, 1.165) is 44.3 Å². The summed E-state index contributed by atoms with van der Waals surface area (Å²) in [4.78, 5) is 24.4. The van der Waals surface area contributed by atoms with E-state index < -0.39 is 5.97 Å². The highest BCUT2D eigenvalue weighted by Gasteiger charge is 2.11. The summed E-state index contributed by atoms with van der Waals surface area (Å²) < 4.78 is 11.1. The van der Waals surface area contributed by atoms with E-state index in [9.17, 15) is 9.59 Å². The smallest absolute Gasteiger partial charge is 0.343 e. The molecule has 0 saturated carbocycles. The summed E-state index contributed by atoms with van der Waals surface area (Å²) in [5, 5.41) is 6.56. The minimum absolute atomic E-state index is 0.0955. The van der Waals surface area contributed by atoms with Crippen LogP contribution in [0.2, 0.25) is 10.0 Å². The molecule has 0 heterocycles. The molecule has 2 aromatic rings. The summed E-state index contributed by atoms with van der Waals surface area (Å²) >= 11 is 11.9. The second kappa shape index (κ2) is 17.3. The molecule has 0 atom stereocenters. The molecule has 0 aromatic heterocycles. The van der Waals surface area contributed by atoms with Crippen molar-refractivity contribution in [2.45, 2.75) is 38.5 Å². The number of halogens is 2. The largest absolute Gasteiger partial charge is 0.494 e. The lowest BCUT2D eigenvalue weighted by molar-refractivity contribution is -0.117. The van der Waals surface area contributed by atoms with Crippen LogP contribution in [0.1, 0.15) is 48.9 Å². The minimum atomic E-state index is -0.531. The van der Waals surface area contributed by atoms with Crippen molar-refractivity contribution in [1.29, 1.82) is 0 Å². The zero-order chi connectivity index (χ0) is 26.9. The van der Waals surface area contributed by atoms with E-state index in [1.807, 2.05) is 0 Å². The number of carbonyl (C=O) groups is 2. The number of amides is 1. The predicted octanol–water partition coefficient (Wildman–Crippen LogP) is 6.89. The third-order valence-electron chi connectivity index (χ3n) is 5.23. The second-order valence-corrected chi connectivity index (χ2v) is 9.10. The third-order valence-corrected chi connectivity index (χ3v) is 5.67. The van der Waals surface area contributed by atoms with Gasteiger partial charge in [0.1, 0.15) is 11.5 Å². The van der Waals surface area contributed by atoms with Gasteiger partial charge in [0.2, 0.25) is 0 Å². The number of carbonyl (C=O) groups excluding carboxylic acids is 2. The van der Waals surface area contributed by atoms with Gasteiger partial charge in [0.25, 0.3) is 5.91 Å². The maximum atomic E-state index is 12.3. The van der Waals surface area contributed by atoms with Crippen LogP contribution >= 0.6 is 23.2 Å².